The fraction of sp³-hybridized carbons (Fsp3) is 0.333. The molecule has 0 bridgehead atoms. The first-order valence-electron chi connectivity index (χ1n) is 4.26. The normalized spacial score (nSPS) is 20.5. The van der Waals surface area contributed by atoms with Gasteiger partial charge in [-0.1, -0.05) is 12.1 Å². The van der Waals surface area contributed by atoms with Gasteiger partial charge in [0.15, 0.2) is 9.84 Å². The Morgan fingerprint density at radius 3 is 2.86 bits per heavy atom. The maximum atomic E-state index is 11.2. The molecule has 0 fully saturated rings. The summed E-state index contributed by atoms with van der Waals surface area (Å²) < 4.78 is 27.8. The highest BCUT2D eigenvalue weighted by Gasteiger charge is 2.27. The van der Waals surface area contributed by atoms with Gasteiger partial charge in [0.05, 0.1) is 12.2 Å². The molecule has 76 valence electrons. The molecule has 0 spiro atoms. The van der Waals surface area contributed by atoms with Gasteiger partial charge in [0, 0.05) is 6.26 Å². The van der Waals surface area contributed by atoms with E-state index >= 15 is 0 Å². The summed E-state index contributed by atoms with van der Waals surface area (Å²) >= 11 is 0. The maximum absolute atomic E-state index is 11.2. The highest BCUT2D eigenvalue weighted by molar-refractivity contribution is 7.91. The molecular formula is C9H11NO3S. The second-order valence-electron chi connectivity index (χ2n) is 3.25. The largest absolute Gasteiger partial charge is 0.471 e. The second kappa shape index (κ2) is 3.16. The fourth-order valence-electron chi connectivity index (χ4n) is 1.33. The first kappa shape index (κ1) is 9.33. The Morgan fingerprint density at radius 1 is 1.43 bits per heavy atom. The third-order valence-electron chi connectivity index (χ3n) is 2.08. The van der Waals surface area contributed by atoms with Crippen LogP contribution >= 0.6 is 0 Å². The Labute approximate surface area is 82.8 Å². The van der Waals surface area contributed by atoms with Crippen LogP contribution in [0.1, 0.15) is 0 Å². The van der Waals surface area contributed by atoms with Crippen molar-refractivity contribution in [3.05, 3.63) is 24.3 Å². The lowest BCUT2D eigenvalue weighted by Gasteiger charge is -2.25. The topological polar surface area (TPSA) is 55.4 Å². The average Bonchev–Trinajstić information content (AvgIpc) is 2.16. The molecule has 4 nitrogen and oxygen atoms in total. The summed E-state index contributed by atoms with van der Waals surface area (Å²) in [5.74, 6) is 0.592. The van der Waals surface area contributed by atoms with Gasteiger partial charge in [-0.25, -0.2) is 8.42 Å². The van der Waals surface area contributed by atoms with Gasteiger partial charge in [0.25, 0.3) is 0 Å². The third kappa shape index (κ3) is 1.68. The summed E-state index contributed by atoms with van der Waals surface area (Å²) in [6.07, 6.45) is 1.17. The van der Waals surface area contributed by atoms with Gasteiger partial charge in [-0.3, -0.25) is 0 Å². The Hall–Kier alpha value is -1.23. The van der Waals surface area contributed by atoms with Gasteiger partial charge in [0.1, 0.15) is 5.75 Å². The molecule has 1 aliphatic heterocycles. The Morgan fingerprint density at radius 2 is 2.14 bits per heavy atom. The van der Waals surface area contributed by atoms with E-state index in [1.807, 2.05) is 18.2 Å². The lowest BCUT2D eigenvalue weighted by Crippen LogP contribution is -2.36. The number of nitrogens with one attached hydrogen (secondary N) is 1. The molecule has 5 heteroatoms. The zero-order valence-electron chi connectivity index (χ0n) is 7.73. The van der Waals surface area contributed by atoms with Crippen molar-refractivity contribution >= 4 is 15.5 Å². The van der Waals surface area contributed by atoms with Gasteiger partial charge >= 0.3 is 0 Å². The van der Waals surface area contributed by atoms with E-state index in [0.717, 1.165) is 5.69 Å². The predicted octanol–water partition coefficient (Wildman–Crippen LogP) is 0.862. The van der Waals surface area contributed by atoms with E-state index in [9.17, 15) is 8.42 Å². The smallest absolute Gasteiger partial charge is 0.215 e. The minimum Gasteiger partial charge on any atom is -0.471 e. The monoisotopic (exact) mass is 213 g/mol. The van der Waals surface area contributed by atoms with Gasteiger partial charge in [0.2, 0.25) is 5.44 Å². The number of hydrogen-bond acceptors (Lipinski definition) is 4. The molecule has 0 saturated carbocycles. The standard InChI is InChI=1S/C9H11NO3S/c1-14(11,12)9-6-10-7-4-2-3-5-8(7)13-9/h2-5,9-10H,6H2,1H3. The van der Waals surface area contributed by atoms with Crippen molar-refractivity contribution in [1.29, 1.82) is 0 Å². The zero-order valence-corrected chi connectivity index (χ0v) is 8.54. The number of rotatable bonds is 1. The first-order chi connectivity index (χ1) is 6.57. The Kier molecular flexibility index (Phi) is 2.11. The van der Waals surface area contributed by atoms with E-state index in [0.29, 0.717) is 12.3 Å². The molecule has 1 aromatic rings. The number of ether oxygens (including phenoxy) is 1. The predicted molar refractivity (Wildman–Crippen MR) is 54.2 cm³/mol. The summed E-state index contributed by atoms with van der Waals surface area (Å²) in [5.41, 5.74) is 0.0600. The van der Waals surface area contributed by atoms with Gasteiger partial charge in [-0.15, -0.1) is 0 Å². The van der Waals surface area contributed by atoms with Crippen molar-refractivity contribution in [2.24, 2.45) is 0 Å². The number of hydrogen-bond donors (Lipinski definition) is 1. The van der Waals surface area contributed by atoms with Crippen LogP contribution in [0.3, 0.4) is 0 Å². The molecule has 0 radical (unpaired) electrons. The van der Waals surface area contributed by atoms with E-state index in [-0.39, 0.29) is 0 Å². The number of sulfone groups is 1. The molecule has 0 aliphatic carbocycles. The molecule has 0 amide bonds. The Balaban J connectivity index is 2.30. The number of benzene rings is 1. The molecule has 1 atom stereocenters. The SMILES string of the molecule is CS(=O)(=O)C1CNc2ccccc2O1. The van der Waals surface area contributed by atoms with Crippen LogP contribution in [0.4, 0.5) is 5.69 Å². The van der Waals surface area contributed by atoms with Crippen LogP contribution in [0.2, 0.25) is 0 Å². The highest BCUT2D eigenvalue weighted by atomic mass is 32.2. The molecule has 1 aliphatic rings. The maximum Gasteiger partial charge on any atom is 0.215 e. The van der Waals surface area contributed by atoms with Crippen molar-refractivity contribution in [2.75, 3.05) is 18.1 Å². The molecule has 1 unspecified atom stereocenters. The quantitative estimate of drug-likeness (QED) is 0.751. The summed E-state index contributed by atoms with van der Waals surface area (Å²) in [4.78, 5) is 0. The zero-order chi connectivity index (χ0) is 10.2. The number of para-hydroxylation sites is 2. The minimum atomic E-state index is -3.15. The van der Waals surface area contributed by atoms with Gasteiger partial charge in [-0.2, -0.15) is 0 Å². The summed E-state index contributed by atoms with van der Waals surface area (Å²) in [6.45, 7) is 0.301. The van der Waals surface area contributed by atoms with E-state index < -0.39 is 15.3 Å². The second-order valence-corrected chi connectivity index (χ2v) is 5.44. The molecule has 0 aromatic heterocycles. The molecule has 1 heterocycles. The van der Waals surface area contributed by atoms with Crippen molar-refractivity contribution in [3.8, 4) is 5.75 Å². The van der Waals surface area contributed by atoms with Crippen LogP contribution < -0.4 is 10.1 Å². The summed E-state index contributed by atoms with van der Waals surface area (Å²) in [7, 11) is -3.15. The average molecular weight is 213 g/mol. The van der Waals surface area contributed by atoms with Crippen LogP contribution in [0.5, 0.6) is 5.75 Å². The fourth-order valence-corrected chi connectivity index (χ4v) is 2.00. The first-order valence-corrected chi connectivity index (χ1v) is 6.21. The van der Waals surface area contributed by atoms with Crippen molar-refractivity contribution in [1.82, 2.24) is 0 Å². The molecular weight excluding hydrogens is 202 g/mol. The minimum absolute atomic E-state index is 0.301. The van der Waals surface area contributed by atoms with E-state index in [2.05, 4.69) is 5.32 Å². The Bertz CT molecular complexity index is 441. The molecule has 2 rings (SSSR count). The lowest BCUT2D eigenvalue weighted by molar-refractivity contribution is 0.277. The summed E-state index contributed by atoms with van der Waals surface area (Å²) in [6, 6.07) is 7.29. The van der Waals surface area contributed by atoms with Crippen LogP contribution in [0, 0.1) is 0 Å². The molecule has 14 heavy (non-hydrogen) atoms. The highest BCUT2D eigenvalue weighted by Crippen LogP contribution is 2.29. The van der Waals surface area contributed by atoms with Crippen molar-refractivity contribution in [3.63, 3.8) is 0 Å². The van der Waals surface area contributed by atoms with Gasteiger partial charge in [-0.05, 0) is 12.1 Å². The molecule has 0 saturated heterocycles. The van der Waals surface area contributed by atoms with Crippen LogP contribution in [-0.2, 0) is 9.84 Å². The van der Waals surface area contributed by atoms with Crippen LogP contribution in [0.15, 0.2) is 24.3 Å². The van der Waals surface area contributed by atoms with Crippen LogP contribution in [-0.4, -0.2) is 26.7 Å². The van der Waals surface area contributed by atoms with Crippen molar-refractivity contribution in [2.45, 2.75) is 5.44 Å². The van der Waals surface area contributed by atoms with E-state index in [1.165, 1.54) is 6.26 Å². The van der Waals surface area contributed by atoms with E-state index in [4.69, 9.17) is 4.74 Å². The molecule has 1 aromatic carbocycles. The van der Waals surface area contributed by atoms with Crippen LogP contribution in [0.25, 0.3) is 0 Å². The van der Waals surface area contributed by atoms with Crippen molar-refractivity contribution < 1.29 is 13.2 Å². The van der Waals surface area contributed by atoms with E-state index in [1.54, 1.807) is 6.07 Å². The number of anilines is 1. The lowest BCUT2D eigenvalue weighted by atomic mass is 10.2. The van der Waals surface area contributed by atoms with Gasteiger partial charge < -0.3 is 10.1 Å². The summed E-state index contributed by atoms with van der Waals surface area (Å²) in [5, 5.41) is 3.02. The third-order valence-corrected chi connectivity index (χ3v) is 3.30. The molecule has 1 N–H and O–H groups in total. The number of fused-ring (bicyclic) bond motifs is 1.